The Hall–Kier alpha value is -9.12. The summed E-state index contributed by atoms with van der Waals surface area (Å²) in [6.45, 7) is 7.26. The Bertz CT molecular complexity index is 3280. The number of rotatable bonds is 10. The lowest BCUT2D eigenvalue weighted by Gasteiger charge is -2.32. The van der Waals surface area contributed by atoms with Crippen molar-refractivity contribution in [2.24, 2.45) is 0 Å². The molecule has 0 aromatic heterocycles. The van der Waals surface area contributed by atoms with Crippen molar-refractivity contribution in [3.05, 3.63) is 166 Å². The lowest BCUT2D eigenvalue weighted by atomic mass is 9.80. The number of carbonyl (C=O) groups excluding carboxylic acids is 4. The first kappa shape index (κ1) is 41.6. The predicted octanol–water partition coefficient (Wildman–Crippen LogP) is 12.6. The molecule has 9 aromatic carbocycles. The number of hydrogen-bond donors (Lipinski definition) is 0. The monoisotopic (exact) mass is 890 g/mol. The summed E-state index contributed by atoms with van der Waals surface area (Å²) in [6, 6.07) is 36.3. The molecule has 2 heterocycles. The van der Waals surface area contributed by atoms with E-state index in [4.69, 9.17) is 31.8 Å². The van der Waals surface area contributed by atoms with Crippen LogP contribution in [-0.2, 0) is 0 Å². The van der Waals surface area contributed by atoms with Crippen LogP contribution in [0.5, 0.6) is 46.0 Å². The molecule has 9 aromatic rings. The minimum Gasteiger partial charge on any atom is -0.457 e. The SMILES string of the molecule is C#CCN1C(=O)c2cc(Oc3ccc(C)cc3)c3c4c(Oc5ccc(C)cc5)cc5c6c(cc(Oc7ccc(C)cc7)c(c7c(Oc8ccc(C)cc8)cc(c2c37)C1=O)c64)C(=O)N(CC#C)C5=O. The van der Waals surface area contributed by atoms with Crippen LogP contribution in [0, 0.1) is 52.4 Å². The molecule has 10 heteroatoms. The number of imide groups is 2. The summed E-state index contributed by atoms with van der Waals surface area (Å²) < 4.78 is 27.6. The standard InChI is InChI=1S/C58H38N2O8/c1-7-25-59-55(61)39-27-43(65-35-17-9-31(3)10-18-35)49-51-45(67-37-21-13-33(5)14-22-37)29-41-48-42(58(64)60(26-8-2)57(41)63)30-46(68-38-23-15-34(6)16-24-38)52(54(48)51)50-44(66-36-19-11-32(4)12-20-36)28-40(56(59)62)47(39)53(49)50/h1-2,9-24,27-30H,25-26H2,3-6H3. The minimum atomic E-state index is -0.619. The third kappa shape index (κ3) is 6.53. The first-order valence-corrected chi connectivity index (χ1v) is 21.9. The van der Waals surface area contributed by atoms with Crippen molar-refractivity contribution < 1.29 is 38.1 Å². The van der Waals surface area contributed by atoms with Crippen molar-refractivity contribution in [3.63, 3.8) is 0 Å². The number of ether oxygens (including phenoxy) is 4. The smallest absolute Gasteiger partial charge is 0.262 e. The van der Waals surface area contributed by atoms with E-state index in [9.17, 15) is 19.2 Å². The highest BCUT2D eigenvalue weighted by atomic mass is 16.5. The maximum Gasteiger partial charge on any atom is 0.262 e. The summed E-state index contributed by atoms with van der Waals surface area (Å²) in [7, 11) is 0. The van der Waals surface area contributed by atoms with Gasteiger partial charge in [0, 0.05) is 43.1 Å². The van der Waals surface area contributed by atoms with Crippen molar-refractivity contribution in [1.29, 1.82) is 0 Å². The Balaban J connectivity index is 1.41. The number of nitrogens with zero attached hydrogens (tertiary/aromatic N) is 2. The van der Waals surface area contributed by atoms with Gasteiger partial charge in [-0.1, -0.05) is 82.6 Å². The van der Waals surface area contributed by atoms with Crippen molar-refractivity contribution in [3.8, 4) is 70.7 Å². The van der Waals surface area contributed by atoms with Gasteiger partial charge in [-0.25, -0.2) is 0 Å². The molecule has 0 spiro atoms. The van der Waals surface area contributed by atoms with E-state index in [0.29, 0.717) is 66.1 Å². The highest BCUT2D eigenvalue weighted by Crippen LogP contribution is 2.57. The van der Waals surface area contributed by atoms with E-state index in [-0.39, 0.29) is 58.3 Å². The van der Waals surface area contributed by atoms with E-state index in [0.717, 1.165) is 32.1 Å². The molecule has 0 saturated carbocycles. The third-order valence-corrected chi connectivity index (χ3v) is 12.6. The van der Waals surface area contributed by atoms with Crippen LogP contribution in [0.25, 0.3) is 43.1 Å². The number of amides is 4. The summed E-state index contributed by atoms with van der Waals surface area (Å²) in [6.07, 6.45) is 11.6. The van der Waals surface area contributed by atoms with E-state index >= 15 is 0 Å². The molecule has 0 radical (unpaired) electrons. The van der Waals surface area contributed by atoms with E-state index < -0.39 is 23.6 Å². The predicted molar refractivity (Wildman–Crippen MR) is 261 cm³/mol. The summed E-state index contributed by atoms with van der Waals surface area (Å²) in [5.41, 5.74) is 4.60. The van der Waals surface area contributed by atoms with Gasteiger partial charge in [-0.05, 0) is 100 Å². The van der Waals surface area contributed by atoms with Crippen LogP contribution in [0.15, 0.2) is 121 Å². The lowest BCUT2D eigenvalue weighted by molar-refractivity contribution is 0.0616. The van der Waals surface area contributed by atoms with Gasteiger partial charge in [0.15, 0.2) is 0 Å². The second kappa shape index (κ2) is 15.8. The van der Waals surface area contributed by atoms with Gasteiger partial charge in [-0.2, -0.15) is 0 Å². The largest absolute Gasteiger partial charge is 0.457 e. The Morgan fingerprint density at radius 3 is 0.779 bits per heavy atom. The first-order chi connectivity index (χ1) is 32.9. The second-order valence-corrected chi connectivity index (χ2v) is 17.2. The maximum atomic E-state index is 14.8. The number of fused-ring (bicyclic) bond motifs is 2. The molecule has 0 saturated heterocycles. The summed E-state index contributed by atoms with van der Waals surface area (Å²) in [5.74, 6) is 5.11. The fourth-order valence-corrected chi connectivity index (χ4v) is 9.33. The number of terminal acetylenes is 2. The van der Waals surface area contributed by atoms with E-state index in [1.165, 1.54) is 0 Å². The molecule has 11 rings (SSSR count). The molecule has 328 valence electrons. The van der Waals surface area contributed by atoms with Gasteiger partial charge in [0.2, 0.25) is 0 Å². The highest BCUT2D eigenvalue weighted by Gasteiger charge is 2.41. The molecule has 0 N–H and O–H groups in total. The summed E-state index contributed by atoms with van der Waals surface area (Å²) in [4.78, 5) is 61.1. The van der Waals surface area contributed by atoms with Gasteiger partial charge in [0.05, 0.1) is 35.3 Å². The molecule has 2 aliphatic heterocycles. The topological polar surface area (TPSA) is 112 Å². The molecule has 68 heavy (non-hydrogen) atoms. The van der Waals surface area contributed by atoms with Crippen LogP contribution in [0.3, 0.4) is 0 Å². The molecule has 10 nitrogen and oxygen atoms in total. The zero-order valence-corrected chi connectivity index (χ0v) is 37.3. The zero-order chi connectivity index (χ0) is 47.1. The van der Waals surface area contributed by atoms with Gasteiger partial charge in [0.25, 0.3) is 23.6 Å². The molecule has 4 amide bonds. The molecule has 0 unspecified atom stereocenters. The Morgan fingerprint density at radius 2 is 0.574 bits per heavy atom. The summed E-state index contributed by atoms with van der Waals surface area (Å²) in [5, 5.41) is 3.09. The number of hydrogen-bond acceptors (Lipinski definition) is 8. The van der Waals surface area contributed by atoms with Crippen LogP contribution in [0.4, 0.5) is 0 Å². The minimum absolute atomic E-state index is 0.158. The third-order valence-electron chi connectivity index (χ3n) is 12.6. The fraction of sp³-hybridized carbons (Fsp3) is 0.103. The second-order valence-electron chi connectivity index (χ2n) is 17.2. The molecule has 0 fully saturated rings. The van der Waals surface area contributed by atoms with Crippen LogP contribution < -0.4 is 18.9 Å². The lowest BCUT2D eigenvalue weighted by Crippen LogP contribution is -2.40. The van der Waals surface area contributed by atoms with Crippen molar-refractivity contribution >= 4 is 66.7 Å². The fourth-order valence-electron chi connectivity index (χ4n) is 9.33. The van der Waals surface area contributed by atoms with Gasteiger partial charge in [-0.3, -0.25) is 29.0 Å². The van der Waals surface area contributed by atoms with E-state index in [1.807, 2.05) is 125 Å². The average molecular weight is 891 g/mol. The normalized spacial score (nSPS) is 13.1. The van der Waals surface area contributed by atoms with Crippen molar-refractivity contribution in [2.45, 2.75) is 27.7 Å². The van der Waals surface area contributed by atoms with Crippen molar-refractivity contribution in [1.82, 2.24) is 9.80 Å². The van der Waals surface area contributed by atoms with Gasteiger partial charge in [-0.15, -0.1) is 12.8 Å². The number of aryl methyl sites for hydroxylation is 4. The quantitative estimate of drug-likeness (QED) is 0.0577. The first-order valence-electron chi connectivity index (χ1n) is 21.9. The van der Waals surface area contributed by atoms with Gasteiger partial charge >= 0.3 is 0 Å². The Kier molecular flexibility index (Phi) is 9.66. The zero-order valence-electron chi connectivity index (χ0n) is 37.3. The number of carbonyl (C=O) groups is 4. The van der Waals surface area contributed by atoms with E-state index in [2.05, 4.69) is 11.8 Å². The van der Waals surface area contributed by atoms with Crippen LogP contribution >= 0.6 is 0 Å². The average Bonchev–Trinajstić information content (AvgIpc) is 3.33. The molecule has 0 aliphatic carbocycles. The van der Waals surface area contributed by atoms with Crippen LogP contribution in [-0.4, -0.2) is 46.5 Å². The van der Waals surface area contributed by atoms with Crippen molar-refractivity contribution in [2.75, 3.05) is 13.1 Å². The van der Waals surface area contributed by atoms with Gasteiger partial charge < -0.3 is 18.9 Å². The molecular formula is C58H38N2O8. The van der Waals surface area contributed by atoms with Gasteiger partial charge in [0.1, 0.15) is 46.0 Å². The molecule has 0 bridgehead atoms. The Labute approximate surface area is 390 Å². The van der Waals surface area contributed by atoms with Crippen LogP contribution in [0.1, 0.15) is 63.7 Å². The maximum absolute atomic E-state index is 14.8. The summed E-state index contributed by atoms with van der Waals surface area (Å²) >= 11 is 0. The van der Waals surface area contributed by atoms with Crippen LogP contribution in [0.2, 0.25) is 0 Å². The Morgan fingerprint density at radius 1 is 0.353 bits per heavy atom. The van der Waals surface area contributed by atoms with E-state index in [1.54, 1.807) is 24.3 Å². The molecule has 0 atom stereocenters. The molecular weight excluding hydrogens is 853 g/mol. The number of benzene rings is 9. The highest BCUT2D eigenvalue weighted by molar-refractivity contribution is 6.44. The molecule has 2 aliphatic rings.